The second-order valence-corrected chi connectivity index (χ2v) is 10.5. The van der Waals surface area contributed by atoms with Crippen molar-refractivity contribution in [2.75, 3.05) is 11.4 Å². The third-order valence-corrected chi connectivity index (χ3v) is 7.37. The Hall–Kier alpha value is -2.12. The van der Waals surface area contributed by atoms with Gasteiger partial charge in [0.15, 0.2) is 5.75 Å². The predicted molar refractivity (Wildman–Crippen MR) is 135 cm³/mol. The van der Waals surface area contributed by atoms with E-state index in [0.29, 0.717) is 0 Å². The van der Waals surface area contributed by atoms with Crippen LogP contribution in [0.15, 0.2) is 77.7 Å². The van der Waals surface area contributed by atoms with Gasteiger partial charge >= 0.3 is 0 Å². The molecule has 3 nitrogen and oxygen atoms in total. The fraction of sp³-hybridized carbons (Fsp3) is 0.321. The smallest absolute Gasteiger partial charge is 0.263 e. The minimum atomic E-state index is 0. The molecule has 172 valence electrons. The fourth-order valence-corrected chi connectivity index (χ4v) is 6.19. The van der Waals surface area contributed by atoms with E-state index in [1.807, 2.05) is 23.5 Å². The van der Waals surface area contributed by atoms with Gasteiger partial charge in [0, 0.05) is 24.8 Å². The average molecular weight is 571 g/mol. The molecule has 0 atom stereocenters. The SMILES string of the molecule is CCN1C(=CC2=CC(=Cc3sc4ccccc4[n+]3CC)CC(C)(C)C2)Oc2ccccc21.[I-]. The number of thiazole rings is 1. The van der Waals surface area contributed by atoms with Crippen LogP contribution in [0.3, 0.4) is 0 Å². The molecule has 1 aliphatic heterocycles. The first-order chi connectivity index (χ1) is 15.5. The summed E-state index contributed by atoms with van der Waals surface area (Å²) in [6, 6.07) is 17.0. The Bertz CT molecular complexity index is 1270. The van der Waals surface area contributed by atoms with Crippen molar-refractivity contribution in [1.29, 1.82) is 0 Å². The van der Waals surface area contributed by atoms with E-state index in [1.54, 1.807) is 0 Å². The van der Waals surface area contributed by atoms with Crippen molar-refractivity contribution in [1.82, 2.24) is 0 Å². The highest BCUT2D eigenvalue weighted by atomic mass is 127. The van der Waals surface area contributed by atoms with Crippen molar-refractivity contribution in [2.24, 2.45) is 5.41 Å². The number of nitrogens with zero attached hydrogens (tertiary/aromatic N) is 2. The molecule has 5 heteroatoms. The maximum absolute atomic E-state index is 6.24. The Kier molecular flexibility index (Phi) is 7.01. The topological polar surface area (TPSA) is 16.4 Å². The molecule has 0 amide bonds. The highest BCUT2D eigenvalue weighted by Gasteiger charge is 2.29. The second kappa shape index (κ2) is 9.63. The number of anilines is 1. The zero-order valence-electron chi connectivity index (χ0n) is 19.8. The van der Waals surface area contributed by atoms with E-state index in [2.05, 4.69) is 91.8 Å². The van der Waals surface area contributed by atoms with Gasteiger partial charge in [-0.2, -0.15) is 4.57 Å². The number of allylic oxidation sites excluding steroid dienone is 4. The third kappa shape index (κ3) is 4.76. The Labute approximate surface area is 218 Å². The number of ether oxygens (including phenoxy) is 1. The lowest BCUT2D eigenvalue weighted by Crippen LogP contribution is -3.00. The van der Waals surface area contributed by atoms with Crippen molar-refractivity contribution < 1.29 is 33.3 Å². The quantitative estimate of drug-likeness (QED) is 0.347. The molecule has 5 rings (SSSR count). The van der Waals surface area contributed by atoms with Crippen molar-refractivity contribution in [3.8, 4) is 5.75 Å². The van der Waals surface area contributed by atoms with Gasteiger partial charge in [-0.1, -0.05) is 55.5 Å². The molecular weight excluding hydrogens is 539 g/mol. The van der Waals surface area contributed by atoms with Gasteiger partial charge in [-0.3, -0.25) is 0 Å². The number of para-hydroxylation sites is 3. The summed E-state index contributed by atoms with van der Waals surface area (Å²) >= 11 is 1.88. The van der Waals surface area contributed by atoms with Crippen molar-refractivity contribution in [2.45, 2.75) is 47.1 Å². The Balaban J connectivity index is 0.00000259. The molecule has 2 aromatic carbocycles. The van der Waals surface area contributed by atoms with Crippen molar-refractivity contribution >= 4 is 33.3 Å². The molecule has 0 N–H and O–H groups in total. The van der Waals surface area contributed by atoms with E-state index < -0.39 is 0 Å². The molecule has 0 fully saturated rings. The minimum absolute atomic E-state index is 0. The summed E-state index contributed by atoms with van der Waals surface area (Å²) in [5, 5.41) is 1.32. The number of aryl methyl sites for hydroxylation is 1. The molecule has 0 saturated carbocycles. The van der Waals surface area contributed by atoms with E-state index in [-0.39, 0.29) is 29.4 Å². The first kappa shape index (κ1) is 24.0. The molecule has 1 aromatic heterocycles. The van der Waals surface area contributed by atoms with Gasteiger partial charge in [0.05, 0.1) is 5.69 Å². The number of hydrogen-bond acceptors (Lipinski definition) is 3. The van der Waals surface area contributed by atoms with E-state index in [1.165, 1.54) is 26.4 Å². The minimum Gasteiger partial charge on any atom is -1.00 e. The van der Waals surface area contributed by atoms with Gasteiger partial charge in [0.25, 0.3) is 5.01 Å². The summed E-state index contributed by atoms with van der Waals surface area (Å²) < 4.78 is 10.0. The Morgan fingerprint density at radius 2 is 1.79 bits per heavy atom. The zero-order chi connectivity index (χ0) is 22.3. The average Bonchev–Trinajstić information content (AvgIpc) is 3.28. The van der Waals surface area contributed by atoms with Crippen LogP contribution in [0.5, 0.6) is 5.75 Å². The lowest BCUT2D eigenvalue weighted by Gasteiger charge is -2.30. The highest BCUT2D eigenvalue weighted by Crippen LogP contribution is 2.42. The van der Waals surface area contributed by atoms with Crippen LogP contribution in [0.1, 0.15) is 45.5 Å². The maximum atomic E-state index is 6.24. The molecule has 33 heavy (non-hydrogen) atoms. The summed E-state index contributed by atoms with van der Waals surface area (Å²) in [4.78, 5) is 2.26. The van der Waals surface area contributed by atoms with Gasteiger partial charge in [0.2, 0.25) is 11.4 Å². The van der Waals surface area contributed by atoms with Crippen LogP contribution in [0, 0.1) is 5.41 Å². The predicted octanol–water partition coefficient (Wildman–Crippen LogP) is 4.10. The molecule has 0 spiro atoms. The van der Waals surface area contributed by atoms with Gasteiger partial charge in [0.1, 0.15) is 11.2 Å². The molecule has 0 radical (unpaired) electrons. The first-order valence-electron chi connectivity index (χ1n) is 11.6. The summed E-state index contributed by atoms with van der Waals surface area (Å²) in [6.07, 6.45) is 9.15. The second-order valence-electron chi connectivity index (χ2n) is 9.41. The molecule has 3 aromatic rings. The van der Waals surface area contributed by atoms with E-state index in [0.717, 1.165) is 43.3 Å². The number of hydrogen-bond donors (Lipinski definition) is 0. The molecule has 0 saturated heterocycles. The van der Waals surface area contributed by atoms with Crippen molar-refractivity contribution in [3.05, 3.63) is 82.7 Å². The molecular formula is C28H31IN2OS. The number of benzene rings is 2. The third-order valence-electron chi connectivity index (χ3n) is 6.26. The Morgan fingerprint density at radius 3 is 2.58 bits per heavy atom. The molecule has 1 aliphatic carbocycles. The Morgan fingerprint density at radius 1 is 1.03 bits per heavy atom. The van der Waals surface area contributed by atoms with Gasteiger partial charge in [-0.25, -0.2) is 0 Å². The summed E-state index contributed by atoms with van der Waals surface area (Å²) in [6.45, 7) is 11.0. The van der Waals surface area contributed by atoms with Crippen LogP contribution in [0.2, 0.25) is 0 Å². The van der Waals surface area contributed by atoms with E-state index in [4.69, 9.17) is 4.74 Å². The standard InChI is InChI=1S/C28H31N2OS.HI/c1-5-29-22-11-7-9-13-24(22)31-26(29)16-20-15-21(19-28(3,4)18-20)17-27-30(6-2)23-12-8-10-14-25(23)32-27;/h7-17H,5-6,18-19H2,1-4H3;1H/q+1;/p-1. The highest BCUT2D eigenvalue weighted by molar-refractivity contribution is 7.18. The largest absolute Gasteiger partial charge is 1.00 e. The number of aromatic nitrogens is 1. The van der Waals surface area contributed by atoms with Crippen LogP contribution in [0.25, 0.3) is 16.3 Å². The molecule has 0 bridgehead atoms. The fourth-order valence-electron chi connectivity index (χ4n) is 4.98. The van der Waals surface area contributed by atoms with Gasteiger partial charge in [-0.05, 0) is 61.4 Å². The van der Waals surface area contributed by atoms with Gasteiger partial charge < -0.3 is 33.6 Å². The molecule has 2 aliphatic rings. The zero-order valence-corrected chi connectivity index (χ0v) is 22.7. The summed E-state index contributed by atoms with van der Waals surface area (Å²) in [7, 11) is 0. The van der Waals surface area contributed by atoms with Crippen molar-refractivity contribution in [3.63, 3.8) is 0 Å². The van der Waals surface area contributed by atoms with Crippen LogP contribution >= 0.6 is 11.3 Å². The molecule has 0 unspecified atom stereocenters. The van der Waals surface area contributed by atoms with Crippen LogP contribution in [0.4, 0.5) is 5.69 Å². The van der Waals surface area contributed by atoms with Gasteiger partial charge in [-0.15, -0.1) is 0 Å². The lowest BCUT2D eigenvalue weighted by atomic mass is 9.75. The number of rotatable bonds is 4. The molecule has 2 heterocycles. The summed E-state index contributed by atoms with van der Waals surface area (Å²) in [5.41, 5.74) is 5.41. The van der Waals surface area contributed by atoms with Crippen LogP contribution in [-0.2, 0) is 6.54 Å². The number of halogens is 1. The maximum Gasteiger partial charge on any atom is 0.263 e. The first-order valence-corrected chi connectivity index (χ1v) is 12.4. The lowest BCUT2D eigenvalue weighted by molar-refractivity contribution is -0.665. The monoisotopic (exact) mass is 570 g/mol. The van der Waals surface area contributed by atoms with Crippen LogP contribution in [-0.4, -0.2) is 6.54 Å². The van der Waals surface area contributed by atoms with E-state index >= 15 is 0 Å². The van der Waals surface area contributed by atoms with E-state index in [9.17, 15) is 0 Å². The normalized spacial score (nSPS) is 19.4. The van der Waals surface area contributed by atoms with Crippen LogP contribution < -0.4 is 38.2 Å². The number of fused-ring (bicyclic) bond motifs is 2. The summed E-state index contributed by atoms with van der Waals surface area (Å²) in [5.74, 6) is 1.88.